The van der Waals surface area contributed by atoms with Crippen molar-refractivity contribution in [3.63, 3.8) is 0 Å². The third-order valence-corrected chi connectivity index (χ3v) is 6.38. The first-order chi connectivity index (χ1) is 15.1. The summed E-state index contributed by atoms with van der Waals surface area (Å²) >= 11 is 0. The predicted molar refractivity (Wildman–Crippen MR) is 117 cm³/mol. The summed E-state index contributed by atoms with van der Waals surface area (Å²) in [5, 5.41) is 13.6. The van der Waals surface area contributed by atoms with Crippen molar-refractivity contribution >= 4 is 22.8 Å². The Bertz CT molecular complexity index is 1200. The Kier molecular flexibility index (Phi) is 4.94. The van der Waals surface area contributed by atoms with E-state index < -0.39 is 0 Å². The smallest absolute Gasteiger partial charge is 0.231 e. The molecule has 0 saturated carbocycles. The number of Topliss-reactive ketones (excluding diaryl/α,β-unsaturated/α-hetero) is 1. The number of hydrogen-bond donors (Lipinski definition) is 1. The van der Waals surface area contributed by atoms with Crippen LogP contribution in [0.5, 0.6) is 17.2 Å². The van der Waals surface area contributed by atoms with Crippen molar-refractivity contribution in [2.75, 3.05) is 20.2 Å². The Labute approximate surface area is 181 Å². The van der Waals surface area contributed by atoms with Gasteiger partial charge in [-0.2, -0.15) is 0 Å². The van der Waals surface area contributed by atoms with Crippen LogP contribution in [0.15, 0.2) is 42.3 Å². The average Bonchev–Trinajstić information content (AvgIpc) is 3.49. The number of carbonyl (C=O) groups is 1. The summed E-state index contributed by atoms with van der Waals surface area (Å²) in [6.07, 6.45) is 6.15. The van der Waals surface area contributed by atoms with Gasteiger partial charge in [-0.3, -0.25) is 4.79 Å². The monoisotopic (exact) mass is 418 g/mol. The molecule has 2 aromatic carbocycles. The van der Waals surface area contributed by atoms with E-state index in [2.05, 4.69) is 11.5 Å². The molecule has 2 aliphatic rings. The molecular formula is C25H26N2O4. The molecular weight excluding hydrogens is 392 g/mol. The molecule has 0 amide bonds. The van der Waals surface area contributed by atoms with E-state index in [1.165, 1.54) is 23.8 Å². The minimum absolute atomic E-state index is 0.0560. The molecule has 0 radical (unpaired) electrons. The third kappa shape index (κ3) is 3.37. The van der Waals surface area contributed by atoms with Crippen molar-refractivity contribution in [3.05, 3.63) is 59.0 Å². The highest BCUT2D eigenvalue weighted by Gasteiger charge is 2.31. The van der Waals surface area contributed by atoms with Crippen LogP contribution in [-0.4, -0.2) is 30.5 Å². The lowest BCUT2D eigenvalue weighted by Gasteiger charge is -2.19. The highest BCUT2D eigenvalue weighted by atomic mass is 16.5. The van der Waals surface area contributed by atoms with Gasteiger partial charge in [0.25, 0.3) is 0 Å². The van der Waals surface area contributed by atoms with Crippen LogP contribution in [0.4, 0.5) is 0 Å². The molecule has 0 unspecified atom stereocenters. The first-order valence-corrected chi connectivity index (χ1v) is 10.9. The van der Waals surface area contributed by atoms with Crippen LogP contribution in [0.2, 0.25) is 0 Å². The van der Waals surface area contributed by atoms with E-state index in [9.17, 15) is 9.90 Å². The lowest BCUT2D eigenvalue weighted by atomic mass is 10.0. The van der Waals surface area contributed by atoms with Gasteiger partial charge in [0, 0.05) is 47.6 Å². The molecule has 1 aromatic heterocycles. The fraction of sp³-hybridized carbons (Fsp3) is 0.320. The Balaban J connectivity index is 1.55. The summed E-state index contributed by atoms with van der Waals surface area (Å²) in [5.41, 5.74) is 3.05. The molecule has 3 aromatic rings. The quantitative estimate of drug-likeness (QED) is 0.647. The van der Waals surface area contributed by atoms with Crippen LogP contribution in [0.25, 0.3) is 17.0 Å². The molecule has 160 valence electrons. The van der Waals surface area contributed by atoms with Crippen molar-refractivity contribution in [1.82, 2.24) is 4.57 Å². The van der Waals surface area contributed by atoms with Crippen LogP contribution in [0, 0.1) is 0 Å². The number of quaternary nitrogens is 1. The number of benzene rings is 2. The highest BCUT2D eigenvalue weighted by Crippen LogP contribution is 2.39. The first-order valence-electron chi connectivity index (χ1n) is 10.9. The van der Waals surface area contributed by atoms with Crippen LogP contribution in [0.1, 0.15) is 41.3 Å². The molecule has 0 bridgehead atoms. The number of methoxy groups -OCH3 is 1. The van der Waals surface area contributed by atoms with Crippen LogP contribution < -0.4 is 19.5 Å². The van der Waals surface area contributed by atoms with Gasteiger partial charge in [0.2, 0.25) is 5.78 Å². The number of carbonyl (C=O) groups excluding carboxylic acids is 1. The maximum atomic E-state index is 13.1. The van der Waals surface area contributed by atoms with Gasteiger partial charge >= 0.3 is 0 Å². The molecule has 0 atom stereocenters. The zero-order chi connectivity index (χ0) is 21.5. The zero-order valence-electron chi connectivity index (χ0n) is 17.9. The zero-order valence-corrected chi connectivity index (χ0v) is 17.9. The average molecular weight is 418 g/mol. The number of aryl methyl sites for hydroxylation is 1. The summed E-state index contributed by atoms with van der Waals surface area (Å²) < 4.78 is 13.6. The maximum absolute atomic E-state index is 13.1. The summed E-state index contributed by atoms with van der Waals surface area (Å²) in [7, 11) is 1.64. The van der Waals surface area contributed by atoms with Gasteiger partial charge in [0.15, 0.2) is 5.76 Å². The van der Waals surface area contributed by atoms with E-state index in [0.29, 0.717) is 23.4 Å². The molecule has 3 heterocycles. The van der Waals surface area contributed by atoms with Gasteiger partial charge in [-0.05, 0) is 37.3 Å². The van der Waals surface area contributed by atoms with Crippen molar-refractivity contribution < 1.29 is 24.3 Å². The van der Waals surface area contributed by atoms with E-state index in [1.807, 2.05) is 24.4 Å². The lowest BCUT2D eigenvalue weighted by molar-refractivity contribution is -0.901. The number of rotatable bonds is 5. The maximum Gasteiger partial charge on any atom is 0.231 e. The number of likely N-dealkylation sites (tertiary alicyclic amines) is 1. The van der Waals surface area contributed by atoms with E-state index in [4.69, 9.17) is 9.47 Å². The summed E-state index contributed by atoms with van der Waals surface area (Å²) in [5.74, 6) is 1.23. The number of ether oxygens (including phenoxy) is 2. The van der Waals surface area contributed by atoms with Crippen LogP contribution in [-0.2, 0) is 13.1 Å². The van der Waals surface area contributed by atoms with Gasteiger partial charge in [-0.1, -0.05) is 11.8 Å². The number of ketones is 1. The van der Waals surface area contributed by atoms with Crippen LogP contribution >= 0.6 is 0 Å². The molecule has 1 saturated heterocycles. The standard InChI is InChI=1S/C25H26N2O4/c1-3-27-14-16(19-13-17(30-2)6-8-21(19)27)12-23-24(29)18-7-9-22(28)20(25(18)31-23)15-26-10-4-5-11-26/h6-9,12-14,28H,3-5,10-11,15H2,1-2H3/b23-12-. The van der Waals surface area contributed by atoms with E-state index >= 15 is 0 Å². The summed E-state index contributed by atoms with van der Waals surface area (Å²) in [6.45, 7) is 5.60. The second-order valence-electron chi connectivity index (χ2n) is 8.25. The Morgan fingerprint density at radius 2 is 2.03 bits per heavy atom. The Morgan fingerprint density at radius 1 is 1.23 bits per heavy atom. The van der Waals surface area contributed by atoms with Crippen molar-refractivity contribution in [2.45, 2.75) is 32.9 Å². The number of aromatic nitrogens is 1. The van der Waals surface area contributed by atoms with E-state index in [-0.39, 0.29) is 17.3 Å². The minimum atomic E-state index is -0.173. The first kappa shape index (κ1) is 19.7. The second-order valence-corrected chi connectivity index (χ2v) is 8.25. The number of nitrogens with one attached hydrogen (secondary N) is 1. The van der Waals surface area contributed by atoms with Gasteiger partial charge in [-0.15, -0.1) is 0 Å². The van der Waals surface area contributed by atoms with Gasteiger partial charge in [0.1, 0.15) is 18.0 Å². The molecule has 0 spiro atoms. The Morgan fingerprint density at radius 3 is 2.77 bits per heavy atom. The molecule has 1 N–H and O–H groups in total. The predicted octanol–water partition coefficient (Wildman–Crippen LogP) is 2.54. The van der Waals surface area contributed by atoms with E-state index in [0.717, 1.165) is 41.9 Å². The minimum Gasteiger partial charge on any atom is -0.872 e. The van der Waals surface area contributed by atoms with Gasteiger partial charge in [-0.25, -0.2) is 0 Å². The lowest BCUT2D eigenvalue weighted by Crippen LogP contribution is -3.08. The summed E-state index contributed by atoms with van der Waals surface area (Å²) in [4.78, 5) is 14.5. The largest absolute Gasteiger partial charge is 0.872 e. The number of allylic oxidation sites excluding steroid dienone is 1. The number of hydrogen-bond acceptors (Lipinski definition) is 4. The van der Waals surface area contributed by atoms with Crippen molar-refractivity contribution in [1.29, 1.82) is 0 Å². The molecule has 2 aliphatic heterocycles. The molecule has 6 nitrogen and oxygen atoms in total. The second kappa shape index (κ2) is 7.78. The number of nitrogens with zero attached hydrogens (tertiary/aromatic N) is 1. The van der Waals surface area contributed by atoms with Crippen molar-refractivity contribution in [3.8, 4) is 17.2 Å². The van der Waals surface area contributed by atoms with Gasteiger partial charge < -0.3 is 24.0 Å². The highest BCUT2D eigenvalue weighted by molar-refractivity contribution is 6.15. The summed E-state index contributed by atoms with van der Waals surface area (Å²) in [6, 6.07) is 9.02. The van der Waals surface area contributed by atoms with Gasteiger partial charge in [0.05, 0.1) is 25.8 Å². The molecule has 5 rings (SSSR count). The fourth-order valence-electron chi connectivity index (χ4n) is 4.71. The molecule has 31 heavy (non-hydrogen) atoms. The Hall–Kier alpha value is -3.25. The topological polar surface area (TPSA) is 68.0 Å². The van der Waals surface area contributed by atoms with E-state index in [1.54, 1.807) is 19.3 Å². The number of fused-ring (bicyclic) bond motifs is 2. The molecule has 1 fully saturated rings. The van der Waals surface area contributed by atoms with Crippen LogP contribution in [0.3, 0.4) is 0 Å². The molecule has 6 heteroatoms. The van der Waals surface area contributed by atoms with Crippen molar-refractivity contribution in [2.24, 2.45) is 0 Å². The third-order valence-electron chi connectivity index (χ3n) is 6.38. The molecule has 0 aliphatic carbocycles. The normalized spacial score (nSPS) is 17.5. The fourth-order valence-corrected chi connectivity index (χ4v) is 4.71. The SMILES string of the molecule is CCn1cc(/C=C2\Oc3c(ccc([O-])c3C[NH+]3CCCC3)C2=O)c2cc(OC)ccc21.